The van der Waals surface area contributed by atoms with E-state index in [1.54, 1.807) is 12.1 Å². The minimum atomic E-state index is -4.83. The average molecular weight is 343 g/mol. The molecular weight excluding hydrogens is 323 g/mol. The Kier molecular flexibility index (Phi) is 6.89. The first-order valence-electron chi connectivity index (χ1n) is 7.38. The zero-order chi connectivity index (χ0) is 18.3. The van der Waals surface area contributed by atoms with Gasteiger partial charge in [-0.25, -0.2) is 0 Å². The Bertz CT molecular complexity index is 597. The van der Waals surface area contributed by atoms with Crippen LogP contribution in [0.4, 0.5) is 18.9 Å². The number of nitrogens with one attached hydrogen (secondary N) is 1. The van der Waals surface area contributed by atoms with Gasteiger partial charge in [0.05, 0.1) is 11.8 Å². The number of rotatable bonds is 7. The molecule has 0 radical (unpaired) electrons. The summed E-state index contributed by atoms with van der Waals surface area (Å²) >= 11 is 0. The van der Waals surface area contributed by atoms with Gasteiger partial charge in [0.25, 0.3) is 0 Å². The second kappa shape index (κ2) is 8.43. The number of likely N-dealkylation sites (N-methyl/N-ethyl adjacent to an activating group) is 1. The zero-order valence-electron chi connectivity index (χ0n) is 13.7. The molecule has 0 unspecified atom stereocenters. The predicted molar refractivity (Wildman–Crippen MR) is 83.4 cm³/mol. The van der Waals surface area contributed by atoms with Crippen LogP contribution < -0.4 is 15.0 Å². The van der Waals surface area contributed by atoms with Gasteiger partial charge in [-0.1, -0.05) is 26.0 Å². The van der Waals surface area contributed by atoms with E-state index in [9.17, 15) is 18.0 Å². The second-order valence-electron chi connectivity index (χ2n) is 5.65. The number of para-hydroxylation sites is 2. The molecule has 1 N–H and O–H groups in total. The molecule has 1 amide bonds. The number of nitriles is 1. The molecule has 0 aromatic heterocycles. The molecule has 132 valence electrons. The molecule has 0 saturated heterocycles. The Morgan fingerprint density at radius 2 is 2.00 bits per heavy atom. The van der Waals surface area contributed by atoms with Crippen molar-refractivity contribution in [1.82, 2.24) is 5.32 Å². The van der Waals surface area contributed by atoms with E-state index in [0.29, 0.717) is 6.42 Å². The summed E-state index contributed by atoms with van der Waals surface area (Å²) < 4.78 is 41.7. The summed E-state index contributed by atoms with van der Waals surface area (Å²) in [7, 11) is 1.53. The Labute approximate surface area is 139 Å². The maximum atomic E-state index is 12.6. The van der Waals surface area contributed by atoms with Crippen LogP contribution in [0.5, 0.6) is 5.75 Å². The molecule has 0 spiro atoms. The molecule has 0 bridgehead atoms. The Morgan fingerprint density at radius 3 is 2.54 bits per heavy atom. The highest BCUT2D eigenvalue weighted by Gasteiger charge is 2.34. The van der Waals surface area contributed by atoms with Crippen LogP contribution in [0.1, 0.15) is 20.3 Å². The van der Waals surface area contributed by atoms with Crippen molar-refractivity contribution in [3.05, 3.63) is 24.3 Å². The lowest BCUT2D eigenvalue weighted by atomic mass is 10.0. The first-order valence-corrected chi connectivity index (χ1v) is 7.38. The van der Waals surface area contributed by atoms with E-state index >= 15 is 0 Å². The van der Waals surface area contributed by atoms with Crippen LogP contribution in [0.3, 0.4) is 0 Å². The lowest BCUT2D eigenvalue weighted by Crippen LogP contribution is -2.46. The molecule has 8 heteroatoms. The third-order valence-corrected chi connectivity index (χ3v) is 3.28. The molecule has 0 heterocycles. The van der Waals surface area contributed by atoms with Gasteiger partial charge in [0.1, 0.15) is 12.6 Å². The Hall–Kier alpha value is -2.43. The second-order valence-corrected chi connectivity index (χ2v) is 5.65. The molecule has 0 fully saturated rings. The van der Waals surface area contributed by atoms with Crippen LogP contribution in [0.15, 0.2) is 24.3 Å². The highest BCUT2D eigenvalue weighted by molar-refractivity contribution is 5.86. The van der Waals surface area contributed by atoms with Crippen molar-refractivity contribution in [2.75, 3.05) is 18.5 Å². The van der Waals surface area contributed by atoms with E-state index in [4.69, 9.17) is 5.26 Å². The van der Waals surface area contributed by atoms with Crippen LogP contribution in [0, 0.1) is 17.2 Å². The SMILES string of the molecule is CC(C)C[C@@H](C(=O)NCC#N)N(C)c1ccccc1OC(F)(F)F. The van der Waals surface area contributed by atoms with Crippen LogP contribution in [0.25, 0.3) is 0 Å². The van der Waals surface area contributed by atoms with Crippen molar-refractivity contribution in [1.29, 1.82) is 5.26 Å². The summed E-state index contributed by atoms with van der Waals surface area (Å²) in [5.41, 5.74) is 0.146. The van der Waals surface area contributed by atoms with E-state index in [1.807, 2.05) is 13.8 Å². The van der Waals surface area contributed by atoms with Crippen molar-refractivity contribution < 1.29 is 22.7 Å². The summed E-state index contributed by atoms with van der Waals surface area (Å²) in [5.74, 6) is -0.676. The molecule has 1 rings (SSSR count). The number of amides is 1. The number of benzene rings is 1. The molecule has 0 aliphatic carbocycles. The van der Waals surface area contributed by atoms with Gasteiger partial charge in [0.2, 0.25) is 5.91 Å². The maximum Gasteiger partial charge on any atom is 0.573 e. The van der Waals surface area contributed by atoms with Crippen molar-refractivity contribution >= 4 is 11.6 Å². The van der Waals surface area contributed by atoms with E-state index < -0.39 is 18.3 Å². The third kappa shape index (κ3) is 5.99. The predicted octanol–water partition coefficient (Wildman–Crippen LogP) is 3.08. The van der Waals surface area contributed by atoms with Gasteiger partial charge >= 0.3 is 6.36 Å². The Balaban J connectivity index is 3.12. The molecule has 1 aromatic carbocycles. The summed E-state index contributed by atoms with van der Waals surface area (Å²) in [5, 5.41) is 11.0. The fraction of sp³-hybridized carbons (Fsp3) is 0.500. The van der Waals surface area contributed by atoms with E-state index in [1.165, 1.54) is 30.1 Å². The number of carbonyl (C=O) groups excluding carboxylic acids is 1. The number of anilines is 1. The number of ether oxygens (including phenoxy) is 1. The first-order chi connectivity index (χ1) is 11.2. The number of carbonyl (C=O) groups is 1. The minimum absolute atomic E-state index is 0.126. The first kappa shape index (κ1) is 19.6. The van der Waals surface area contributed by atoms with E-state index in [-0.39, 0.29) is 23.9 Å². The van der Waals surface area contributed by atoms with Gasteiger partial charge in [-0.15, -0.1) is 13.2 Å². The number of halogens is 3. The van der Waals surface area contributed by atoms with Crippen molar-refractivity contribution in [2.45, 2.75) is 32.7 Å². The van der Waals surface area contributed by atoms with Gasteiger partial charge in [0.15, 0.2) is 5.75 Å². The maximum absolute atomic E-state index is 12.6. The zero-order valence-corrected chi connectivity index (χ0v) is 13.7. The van der Waals surface area contributed by atoms with Gasteiger partial charge < -0.3 is 15.0 Å². The lowest BCUT2D eigenvalue weighted by molar-refractivity contribution is -0.274. The standard InChI is InChI=1S/C16H20F3N3O2/c1-11(2)10-13(15(23)21-9-8-20)22(3)12-6-4-5-7-14(12)24-16(17,18)19/h4-7,11,13H,9-10H2,1-3H3,(H,21,23)/t13-/m0/s1. The molecular formula is C16H20F3N3O2. The summed E-state index contributed by atoms with van der Waals surface area (Å²) in [6.07, 6.45) is -4.42. The fourth-order valence-electron chi connectivity index (χ4n) is 2.26. The van der Waals surface area contributed by atoms with Crippen LogP contribution in [-0.4, -0.2) is 31.9 Å². The van der Waals surface area contributed by atoms with Gasteiger partial charge in [-0.3, -0.25) is 4.79 Å². The Morgan fingerprint density at radius 1 is 1.38 bits per heavy atom. The number of nitrogens with zero attached hydrogens (tertiary/aromatic N) is 2. The molecule has 0 aliphatic heterocycles. The number of hydrogen-bond acceptors (Lipinski definition) is 4. The highest BCUT2D eigenvalue weighted by atomic mass is 19.4. The van der Waals surface area contributed by atoms with E-state index in [0.717, 1.165) is 0 Å². The molecule has 0 saturated carbocycles. The summed E-state index contributed by atoms with van der Waals surface area (Å²) in [6.45, 7) is 3.63. The molecule has 24 heavy (non-hydrogen) atoms. The van der Waals surface area contributed by atoms with E-state index in [2.05, 4.69) is 10.1 Å². The quantitative estimate of drug-likeness (QED) is 0.773. The normalized spacial score (nSPS) is 12.4. The number of hydrogen-bond donors (Lipinski definition) is 1. The third-order valence-electron chi connectivity index (χ3n) is 3.28. The molecule has 1 atom stereocenters. The van der Waals surface area contributed by atoms with Crippen molar-refractivity contribution in [3.8, 4) is 11.8 Å². The van der Waals surface area contributed by atoms with Gasteiger partial charge in [-0.05, 0) is 24.5 Å². The molecule has 0 aliphatic rings. The largest absolute Gasteiger partial charge is 0.573 e. The summed E-state index contributed by atoms with van der Waals surface area (Å²) in [6, 6.07) is 6.71. The minimum Gasteiger partial charge on any atom is -0.404 e. The monoisotopic (exact) mass is 343 g/mol. The van der Waals surface area contributed by atoms with Crippen LogP contribution in [-0.2, 0) is 4.79 Å². The smallest absolute Gasteiger partial charge is 0.404 e. The molecule has 5 nitrogen and oxygen atoms in total. The molecule has 1 aromatic rings. The van der Waals surface area contributed by atoms with Gasteiger partial charge in [-0.2, -0.15) is 5.26 Å². The average Bonchev–Trinajstić information content (AvgIpc) is 2.48. The van der Waals surface area contributed by atoms with Crippen LogP contribution in [0.2, 0.25) is 0 Å². The topological polar surface area (TPSA) is 65.4 Å². The van der Waals surface area contributed by atoms with Gasteiger partial charge in [0, 0.05) is 7.05 Å². The number of alkyl halides is 3. The van der Waals surface area contributed by atoms with Crippen molar-refractivity contribution in [3.63, 3.8) is 0 Å². The van der Waals surface area contributed by atoms with Crippen molar-refractivity contribution in [2.24, 2.45) is 5.92 Å². The lowest BCUT2D eigenvalue weighted by Gasteiger charge is -2.31. The summed E-state index contributed by atoms with van der Waals surface area (Å²) in [4.78, 5) is 13.7. The van der Waals surface area contributed by atoms with Crippen LogP contribution >= 0.6 is 0 Å². The highest BCUT2D eigenvalue weighted by Crippen LogP contribution is 2.33. The fourth-order valence-corrected chi connectivity index (χ4v) is 2.26.